The highest BCUT2D eigenvalue weighted by atomic mass is 16.3. The van der Waals surface area contributed by atoms with E-state index in [-0.39, 0.29) is 6.61 Å². The Kier molecular flexibility index (Phi) is 3.19. The number of aliphatic hydroxyl groups excluding tert-OH is 1. The second-order valence-corrected chi connectivity index (χ2v) is 4.28. The van der Waals surface area contributed by atoms with E-state index in [1.54, 1.807) is 12.1 Å². The smallest absolute Gasteiger partial charge is 0.250 e. The zero-order chi connectivity index (χ0) is 12.4. The van der Waals surface area contributed by atoms with Gasteiger partial charge in [-0.3, -0.25) is 4.79 Å². The number of carbonyl (C=O) groups is 1. The molecule has 0 unspecified atom stereocenters. The molecule has 1 aliphatic rings. The van der Waals surface area contributed by atoms with Gasteiger partial charge >= 0.3 is 0 Å². The summed E-state index contributed by atoms with van der Waals surface area (Å²) in [6.45, 7) is 0.652. The number of nitrogen functional groups attached to an aromatic ring is 1. The SMILES string of the molecule is NC(=O)c1cc(N(CCO)C2CC2)ccc1N. The van der Waals surface area contributed by atoms with Crippen LogP contribution in [0.4, 0.5) is 11.4 Å². The van der Waals surface area contributed by atoms with Crippen molar-refractivity contribution in [1.82, 2.24) is 0 Å². The van der Waals surface area contributed by atoms with Crippen molar-refractivity contribution in [3.05, 3.63) is 23.8 Å². The van der Waals surface area contributed by atoms with Crippen molar-refractivity contribution in [2.45, 2.75) is 18.9 Å². The number of rotatable bonds is 5. The number of anilines is 2. The average Bonchev–Trinajstić information content (AvgIpc) is 3.10. The number of hydrogen-bond acceptors (Lipinski definition) is 4. The first kappa shape index (κ1) is 11.7. The van der Waals surface area contributed by atoms with Crippen LogP contribution in [0.3, 0.4) is 0 Å². The number of nitrogens with two attached hydrogens (primary N) is 2. The van der Waals surface area contributed by atoms with Crippen LogP contribution in [-0.2, 0) is 0 Å². The van der Waals surface area contributed by atoms with Crippen LogP contribution in [0.5, 0.6) is 0 Å². The van der Waals surface area contributed by atoms with E-state index in [0.717, 1.165) is 18.5 Å². The molecule has 0 aromatic heterocycles. The van der Waals surface area contributed by atoms with Gasteiger partial charge in [0.2, 0.25) is 0 Å². The van der Waals surface area contributed by atoms with Gasteiger partial charge in [0.05, 0.1) is 12.2 Å². The highest BCUT2D eigenvalue weighted by Crippen LogP contribution is 2.32. The molecule has 5 N–H and O–H groups in total. The zero-order valence-electron chi connectivity index (χ0n) is 9.60. The summed E-state index contributed by atoms with van der Waals surface area (Å²) in [5.41, 5.74) is 12.6. The first-order chi connectivity index (χ1) is 8.13. The Balaban J connectivity index is 2.30. The van der Waals surface area contributed by atoms with Gasteiger partial charge in [0.1, 0.15) is 0 Å². The van der Waals surface area contributed by atoms with Crippen molar-refractivity contribution in [2.75, 3.05) is 23.8 Å². The third-order valence-electron chi connectivity index (χ3n) is 2.96. The molecule has 17 heavy (non-hydrogen) atoms. The average molecular weight is 235 g/mol. The fraction of sp³-hybridized carbons (Fsp3) is 0.417. The van der Waals surface area contributed by atoms with E-state index in [2.05, 4.69) is 4.90 Å². The molecular formula is C12H17N3O2. The van der Waals surface area contributed by atoms with Crippen molar-refractivity contribution >= 4 is 17.3 Å². The minimum atomic E-state index is -0.524. The second kappa shape index (κ2) is 4.63. The molecule has 1 amide bonds. The van der Waals surface area contributed by atoms with E-state index in [4.69, 9.17) is 16.6 Å². The normalized spacial score (nSPS) is 14.6. The van der Waals surface area contributed by atoms with Crippen molar-refractivity contribution in [3.8, 4) is 0 Å². The second-order valence-electron chi connectivity index (χ2n) is 4.28. The zero-order valence-corrected chi connectivity index (χ0v) is 9.60. The highest BCUT2D eigenvalue weighted by molar-refractivity contribution is 5.99. The number of primary amides is 1. The van der Waals surface area contributed by atoms with Crippen molar-refractivity contribution in [3.63, 3.8) is 0 Å². The molecular weight excluding hydrogens is 218 g/mol. The van der Waals surface area contributed by atoms with Gasteiger partial charge in [-0.25, -0.2) is 0 Å². The van der Waals surface area contributed by atoms with Crippen molar-refractivity contribution in [2.24, 2.45) is 5.73 Å². The fourth-order valence-corrected chi connectivity index (χ4v) is 1.95. The molecule has 1 aliphatic carbocycles. The predicted molar refractivity (Wildman–Crippen MR) is 66.8 cm³/mol. The standard InChI is InChI=1S/C12H17N3O2/c13-11-4-3-9(7-10(11)12(14)17)15(5-6-16)8-1-2-8/h3-4,7-8,16H,1-2,5-6,13H2,(H2,14,17). The van der Waals surface area contributed by atoms with Crippen LogP contribution in [0, 0.1) is 0 Å². The molecule has 5 heteroatoms. The Hall–Kier alpha value is -1.75. The molecule has 92 valence electrons. The van der Waals surface area contributed by atoms with Gasteiger partial charge in [-0.05, 0) is 31.0 Å². The lowest BCUT2D eigenvalue weighted by atomic mass is 10.1. The van der Waals surface area contributed by atoms with Crippen LogP contribution in [0.1, 0.15) is 23.2 Å². The number of benzene rings is 1. The van der Waals surface area contributed by atoms with Gasteiger partial charge < -0.3 is 21.5 Å². The first-order valence-corrected chi connectivity index (χ1v) is 5.70. The summed E-state index contributed by atoms with van der Waals surface area (Å²) in [5.74, 6) is -0.524. The van der Waals surface area contributed by atoms with E-state index in [9.17, 15) is 4.79 Å². The molecule has 0 heterocycles. The monoisotopic (exact) mass is 235 g/mol. The minimum Gasteiger partial charge on any atom is -0.398 e. The van der Waals surface area contributed by atoms with E-state index in [0.29, 0.717) is 23.8 Å². The van der Waals surface area contributed by atoms with Crippen molar-refractivity contribution < 1.29 is 9.90 Å². The van der Waals surface area contributed by atoms with Gasteiger partial charge in [0.25, 0.3) is 5.91 Å². The van der Waals surface area contributed by atoms with E-state index in [1.165, 1.54) is 0 Å². The van der Waals surface area contributed by atoms with Crippen LogP contribution in [0.25, 0.3) is 0 Å². The summed E-state index contributed by atoms with van der Waals surface area (Å²) in [7, 11) is 0. The third kappa shape index (κ3) is 2.50. The maximum atomic E-state index is 11.2. The van der Waals surface area contributed by atoms with E-state index >= 15 is 0 Å². The van der Waals surface area contributed by atoms with Gasteiger partial charge in [-0.15, -0.1) is 0 Å². The Morgan fingerprint density at radius 3 is 2.71 bits per heavy atom. The van der Waals surface area contributed by atoms with Gasteiger partial charge in [0, 0.05) is 24.0 Å². The number of carbonyl (C=O) groups excluding carboxylic acids is 1. The number of amides is 1. The third-order valence-corrected chi connectivity index (χ3v) is 2.96. The molecule has 1 aromatic rings. The molecule has 0 aliphatic heterocycles. The quantitative estimate of drug-likeness (QED) is 0.641. The fourth-order valence-electron chi connectivity index (χ4n) is 1.95. The molecule has 0 spiro atoms. The Labute approximate surface area is 100 Å². The van der Waals surface area contributed by atoms with Crippen LogP contribution < -0.4 is 16.4 Å². The van der Waals surface area contributed by atoms with E-state index in [1.807, 2.05) is 6.07 Å². The van der Waals surface area contributed by atoms with Gasteiger partial charge in [-0.1, -0.05) is 0 Å². The first-order valence-electron chi connectivity index (χ1n) is 5.70. The molecule has 0 radical (unpaired) electrons. The molecule has 0 saturated heterocycles. The van der Waals surface area contributed by atoms with Gasteiger partial charge in [0.15, 0.2) is 0 Å². The van der Waals surface area contributed by atoms with Crippen LogP contribution in [0.15, 0.2) is 18.2 Å². The largest absolute Gasteiger partial charge is 0.398 e. The molecule has 1 fully saturated rings. The maximum Gasteiger partial charge on any atom is 0.250 e. The highest BCUT2D eigenvalue weighted by Gasteiger charge is 2.29. The van der Waals surface area contributed by atoms with Crippen LogP contribution in [0.2, 0.25) is 0 Å². The molecule has 1 saturated carbocycles. The summed E-state index contributed by atoms with van der Waals surface area (Å²) in [4.78, 5) is 13.3. The summed E-state index contributed by atoms with van der Waals surface area (Å²) in [5, 5.41) is 9.05. The van der Waals surface area contributed by atoms with Gasteiger partial charge in [-0.2, -0.15) is 0 Å². The summed E-state index contributed by atoms with van der Waals surface area (Å²) in [6, 6.07) is 5.70. The van der Waals surface area contributed by atoms with E-state index < -0.39 is 5.91 Å². The number of aliphatic hydroxyl groups is 1. The lowest BCUT2D eigenvalue weighted by molar-refractivity contribution is 0.100. The molecule has 2 rings (SSSR count). The molecule has 5 nitrogen and oxygen atoms in total. The number of nitrogens with zero attached hydrogens (tertiary/aromatic N) is 1. The number of hydrogen-bond donors (Lipinski definition) is 3. The maximum absolute atomic E-state index is 11.2. The van der Waals surface area contributed by atoms with Crippen molar-refractivity contribution in [1.29, 1.82) is 0 Å². The Morgan fingerprint density at radius 2 is 2.18 bits per heavy atom. The topological polar surface area (TPSA) is 92.6 Å². The molecule has 0 atom stereocenters. The van der Waals surface area contributed by atoms with Crippen LogP contribution in [-0.4, -0.2) is 30.2 Å². The Bertz CT molecular complexity index is 430. The molecule has 1 aromatic carbocycles. The molecule has 0 bridgehead atoms. The summed E-state index contributed by atoms with van der Waals surface area (Å²) < 4.78 is 0. The summed E-state index contributed by atoms with van der Waals surface area (Å²) >= 11 is 0. The van der Waals surface area contributed by atoms with Crippen LogP contribution >= 0.6 is 0 Å². The predicted octanol–water partition coefficient (Wildman–Crippen LogP) is 0.329. The summed E-state index contributed by atoms with van der Waals surface area (Å²) in [6.07, 6.45) is 2.24. The minimum absolute atomic E-state index is 0.0901. The lowest BCUT2D eigenvalue weighted by Gasteiger charge is -2.24. The lowest BCUT2D eigenvalue weighted by Crippen LogP contribution is -2.29. The Morgan fingerprint density at radius 1 is 1.47 bits per heavy atom.